The lowest BCUT2D eigenvalue weighted by molar-refractivity contribution is 0.0730. The van der Waals surface area contributed by atoms with E-state index in [2.05, 4.69) is 0 Å². The maximum absolute atomic E-state index is 13.6. The molecular weight excluding hydrogens is 396 g/mol. The Morgan fingerprint density at radius 3 is 2.41 bits per heavy atom. The number of carbonyl (C=O) groups is 1. The number of sulfonamides is 1. The lowest BCUT2D eigenvalue weighted by atomic mass is 10.1. The molecule has 1 aliphatic heterocycles. The summed E-state index contributed by atoms with van der Waals surface area (Å²) >= 11 is 0.892. The third-order valence-electron chi connectivity index (χ3n) is 4.04. The van der Waals surface area contributed by atoms with Gasteiger partial charge in [-0.05, 0) is 30.3 Å². The summed E-state index contributed by atoms with van der Waals surface area (Å²) in [6, 6.07) is 8.67. The molecule has 27 heavy (non-hydrogen) atoms. The van der Waals surface area contributed by atoms with Crippen LogP contribution in [0.25, 0.3) is 0 Å². The van der Waals surface area contributed by atoms with E-state index in [0.717, 1.165) is 30.0 Å². The van der Waals surface area contributed by atoms with Gasteiger partial charge in [-0.2, -0.15) is 4.31 Å². The number of nitrogens with zero attached hydrogens (tertiary/aromatic N) is 1. The standard InChI is InChI=1S/C18H17F2NO4S2/c19-14-3-6-16(20)18(11-14)26-12-17(22)13-1-4-15(5-2-13)27(23,24)21-7-9-25-10-8-21/h1-6,11H,7-10,12H2. The summed E-state index contributed by atoms with van der Waals surface area (Å²) in [5.74, 6) is -1.57. The number of morpholine rings is 1. The Labute approximate surface area is 160 Å². The van der Waals surface area contributed by atoms with E-state index in [-0.39, 0.29) is 21.3 Å². The van der Waals surface area contributed by atoms with Gasteiger partial charge in [0, 0.05) is 23.5 Å². The fraction of sp³-hybridized carbons (Fsp3) is 0.278. The fourth-order valence-electron chi connectivity index (χ4n) is 2.56. The first kappa shape index (κ1) is 19.9. The predicted molar refractivity (Wildman–Crippen MR) is 97.4 cm³/mol. The quantitative estimate of drug-likeness (QED) is 0.538. The lowest BCUT2D eigenvalue weighted by Crippen LogP contribution is -2.40. The van der Waals surface area contributed by atoms with E-state index in [1.807, 2.05) is 0 Å². The number of hydrogen-bond donors (Lipinski definition) is 0. The molecule has 0 N–H and O–H groups in total. The lowest BCUT2D eigenvalue weighted by Gasteiger charge is -2.26. The summed E-state index contributed by atoms with van der Waals surface area (Å²) in [6.07, 6.45) is 0. The summed E-state index contributed by atoms with van der Waals surface area (Å²) in [5.41, 5.74) is 0.306. The Bertz CT molecular complexity index is 927. The monoisotopic (exact) mass is 413 g/mol. The second-order valence-corrected chi connectivity index (χ2v) is 8.78. The molecule has 0 aromatic heterocycles. The van der Waals surface area contributed by atoms with Crippen LogP contribution in [-0.2, 0) is 14.8 Å². The molecule has 0 radical (unpaired) electrons. The van der Waals surface area contributed by atoms with Crippen molar-refractivity contribution in [2.24, 2.45) is 0 Å². The number of thioether (sulfide) groups is 1. The van der Waals surface area contributed by atoms with E-state index in [9.17, 15) is 22.0 Å². The van der Waals surface area contributed by atoms with Crippen molar-refractivity contribution >= 4 is 27.6 Å². The van der Waals surface area contributed by atoms with Gasteiger partial charge < -0.3 is 4.74 Å². The van der Waals surface area contributed by atoms with Crippen LogP contribution in [0.15, 0.2) is 52.3 Å². The van der Waals surface area contributed by atoms with Crippen molar-refractivity contribution < 1.29 is 26.7 Å². The molecule has 9 heteroatoms. The van der Waals surface area contributed by atoms with Crippen LogP contribution in [0.3, 0.4) is 0 Å². The van der Waals surface area contributed by atoms with E-state index < -0.39 is 21.7 Å². The number of benzene rings is 2. The summed E-state index contributed by atoms with van der Waals surface area (Å²) in [4.78, 5) is 12.4. The number of ether oxygens (including phenoxy) is 1. The Balaban J connectivity index is 1.67. The third-order valence-corrected chi connectivity index (χ3v) is 6.98. The smallest absolute Gasteiger partial charge is 0.243 e. The zero-order valence-corrected chi connectivity index (χ0v) is 15.9. The van der Waals surface area contributed by atoms with Crippen LogP contribution in [0.1, 0.15) is 10.4 Å². The zero-order chi connectivity index (χ0) is 19.4. The van der Waals surface area contributed by atoms with Gasteiger partial charge in [-0.25, -0.2) is 17.2 Å². The molecule has 1 saturated heterocycles. The molecule has 5 nitrogen and oxygen atoms in total. The molecule has 0 saturated carbocycles. The molecule has 1 fully saturated rings. The van der Waals surface area contributed by atoms with Gasteiger partial charge in [-0.1, -0.05) is 12.1 Å². The van der Waals surface area contributed by atoms with Gasteiger partial charge in [-0.15, -0.1) is 11.8 Å². The predicted octanol–water partition coefficient (Wildman–Crippen LogP) is 2.96. The molecule has 0 amide bonds. The maximum Gasteiger partial charge on any atom is 0.243 e. The average Bonchev–Trinajstić information content (AvgIpc) is 2.69. The number of ketones is 1. The van der Waals surface area contributed by atoms with Crippen molar-refractivity contribution in [1.29, 1.82) is 0 Å². The zero-order valence-electron chi connectivity index (χ0n) is 14.2. The largest absolute Gasteiger partial charge is 0.379 e. The van der Waals surface area contributed by atoms with Crippen LogP contribution in [0.4, 0.5) is 8.78 Å². The molecule has 1 heterocycles. The number of carbonyl (C=O) groups excluding carboxylic acids is 1. The molecular formula is C18H17F2NO4S2. The van der Waals surface area contributed by atoms with Gasteiger partial charge >= 0.3 is 0 Å². The maximum atomic E-state index is 13.6. The van der Waals surface area contributed by atoms with Gasteiger partial charge in [0.05, 0.1) is 23.9 Å². The van der Waals surface area contributed by atoms with Gasteiger partial charge in [-0.3, -0.25) is 4.79 Å². The number of rotatable bonds is 6. The second kappa shape index (κ2) is 8.47. The Hall–Kier alpha value is -1.81. The topological polar surface area (TPSA) is 63.7 Å². The molecule has 0 atom stereocenters. The van der Waals surface area contributed by atoms with Crippen molar-refractivity contribution in [2.45, 2.75) is 9.79 Å². The first-order valence-corrected chi connectivity index (χ1v) is 10.6. The summed E-state index contributed by atoms with van der Waals surface area (Å²) in [7, 11) is -3.62. The van der Waals surface area contributed by atoms with Crippen LogP contribution < -0.4 is 0 Å². The van der Waals surface area contributed by atoms with E-state index >= 15 is 0 Å². The molecule has 1 aliphatic rings. The van der Waals surface area contributed by atoms with E-state index in [1.165, 1.54) is 28.6 Å². The van der Waals surface area contributed by atoms with Crippen molar-refractivity contribution in [1.82, 2.24) is 4.31 Å². The van der Waals surface area contributed by atoms with Crippen molar-refractivity contribution in [3.05, 3.63) is 59.7 Å². The first-order valence-electron chi connectivity index (χ1n) is 8.17. The second-order valence-electron chi connectivity index (χ2n) is 5.83. The number of hydrogen-bond acceptors (Lipinski definition) is 5. The molecule has 144 valence electrons. The van der Waals surface area contributed by atoms with Gasteiger partial charge in [0.2, 0.25) is 10.0 Å². The minimum absolute atomic E-state index is 0.0508. The van der Waals surface area contributed by atoms with E-state index in [0.29, 0.717) is 31.9 Å². The minimum atomic E-state index is -3.62. The number of halogens is 2. The summed E-state index contributed by atoms with van der Waals surface area (Å²) in [6.45, 7) is 1.28. The van der Waals surface area contributed by atoms with Crippen LogP contribution in [0, 0.1) is 11.6 Å². The highest BCUT2D eigenvalue weighted by Gasteiger charge is 2.26. The van der Waals surface area contributed by atoms with Crippen LogP contribution >= 0.6 is 11.8 Å². The number of Topliss-reactive ketones (excluding diaryl/α,β-unsaturated/α-hetero) is 1. The molecule has 0 spiro atoms. The van der Waals surface area contributed by atoms with Gasteiger partial charge in [0.1, 0.15) is 11.6 Å². The molecule has 2 aromatic rings. The Morgan fingerprint density at radius 2 is 1.74 bits per heavy atom. The molecule has 0 bridgehead atoms. The minimum Gasteiger partial charge on any atom is -0.379 e. The van der Waals surface area contributed by atoms with Crippen molar-refractivity contribution in [3.63, 3.8) is 0 Å². The van der Waals surface area contributed by atoms with Crippen molar-refractivity contribution in [2.75, 3.05) is 32.1 Å². The summed E-state index contributed by atoms with van der Waals surface area (Å²) in [5, 5.41) is 0. The highest BCUT2D eigenvalue weighted by Crippen LogP contribution is 2.24. The highest BCUT2D eigenvalue weighted by molar-refractivity contribution is 8.00. The third kappa shape index (κ3) is 4.73. The van der Waals surface area contributed by atoms with Crippen LogP contribution in [0.5, 0.6) is 0 Å². The normalized spacial score (nSPS) is 15.6. The fourth-order valence-corrected chi connectivity index (χ4v) is 4.83. The Morgan fingerprint density at radius 1 is 1.07 bits per heavy atom. The van der Waals surface area contributed by atoms with E-state index in [4.69, 9.17) is 4.74 Å². The van der Waals surface area contributed by atoms with Crippen molar-refractivity contribution in [3.8, 4) is 0 Å². The van der Waals surface area contributed by atoms with Crippen LogP contribution in [0.2, 0.25) is 0 Å². The van der Waals surface area contributed by atoms with Crippen LogP contribution in [-0.4, -0.2) is 50.6 Å². The molecule has 3 rings (SSSR count). The molecule has 0 aliphatic carbocycles. The SMILES string of the molecule is O=C(CSc1cc(F)ccc1F)c1ccc(S(=O)(=O)N2CCOCC2)cc1. The van der Waals surface area contributed by atoms with E-state index in [1.54, 1.807) is 0 Å². The molecule has 2 aromatic carbocycles. The first-order chi connectivity index (χ1) is 12.9. The average molecular weight is 413 g/mol. The van der Waals surface area contributed by atoms with Gasteiger partial charge in [0.25, 0.3) is 0 Å². The Kier molecular flexibility index (Phi) is 6.25. The summed E-state index contributed by atoms with van der Waals surface area (Å²) < 4.78 is 58.4. The molecule has 0 unspecified atom stereocenters. The highest BCUT2D eigenvalue weighted by atomic mass is 32.2. The van der Waals surface area contributed by atoms with Gasteiger partial charge in [0.15, 0.2) is 5.78 Å².